The Morgan fingerprint density at radius 3 is 2.69 bits per heavy atom. The van der Waals surface area contributed by atoms with Crippen LogP contribution in [0.5, 0.6) is 0 Å². The van der Waals surface area contributed by atoms with Gasteiger partial charge in [0.15, 0.2) is 0 Å². The predicted octanol–water partition coefficient (Wildman–Crippen LogP) is 6.29. The Labute approximate surface area is 197 Å². The van der Waals surface area contributed by atoms with Crippen LogP contribution in [-0.2, 0) is 0 Å². The van der Waals surface area contributed by atoms with Crippen molar-refractivity contribution >= 4 is 62.4 Å². The number of nitrogens with one attached hydrogen (secondary N) is 1. The first-order valence-electron chi connectivity index (χ1n) is 9.40. The molecule has 10 heteroatoms. The Hall–Kier alpha value is -3.20. The van der Waals surface area contributed by atoms with Gasteiger partial charge in [-0.2, -0.15) is 5.10 Å². The van der Waals surface area contributed by atoms with Crippen molar-refractivity contribution in [3.8, 4) is 5.69 Å². The van der Waals surface area contributed by atoms with Gasteiger partial charge in [0.25, 0.3) is 11.6 Å². The fourth-order valence-electron chi connectivity index (χ4n) is 3.42. The van der Waals surface area contributed by atoms with Gasteiger partial charge in [-0.15, -0.1) is 11.3 Å². The van der Waals surface area contributed by atoms with Gasteiger partial charge in [-0.1, -0.05) is 23.2 Å². The van der Waals surface area contributed by atoms with E-state index in [1.54, 1.807) is 36.5 Å². The van der Waals surface area contributed by atoms with Gasteiger partial charge in [-0.3, -0.25) is 14.9 Å². The zero-order chi connectivity index (χ0) is 23.0. The zero-order valence-electron chi connectivity index (χ0n) is 16.9. The van der Waals surface area contributed by atoms with Crippen LogP contribution in [0.25, 0.3) is 15.8 Å². The Kier molecular flexibility index (Phi) is 6.01. The highest BCUT2D eigenvalue weighted by Gasteiger charge is 2.14. The molecular formula is C22H16Cl2N4O3S. The molecule has 0 saturated carbocycles. The highest BCUT2D eigenvalue weighted by atomic mass is 35.5. The molecule has 0 radical (unpaired) electrons. The minimum Gasteiger partial charge on any atom is -0.316 e. The molecule has 0 unspecified atom stereocenters. The van der Waals surface area contributed by atoms with Gasteiger partial charge in [0, 0.05) is 44.2 Å². The second-order valence-corrected chi connectivity index (χ2v) is 8.97. The molecule has 0 fully saturated rings. The van der Waals surface area contributed by atoms with Gasteiger partial charge in [0.2, 0.25) is 0 Å². The largest absolute Gasteiger partial charge is 0.316 e. The number of thiophene rings is 1. The van der Waals surface area contributed by atoms with Crippen LogP contribution in [0, 0.1) is 24.0 Å². The number of hydrazone groups is 1. The SMILES string of the molecule is Cc1cc(C=NNC(=O)c2cc3cc([N+](=O)[O-])ccc3s2)c(C)n1-c1cc(Cl)ccc1Cl. The molecule has 2 heterocycles. The van der Waals surface area contributed by atoms with Crippen LogP contribution in [0.1, 0.15) is 26.6 Å². The molecular weight excluding hydrogens is 471 g/mol. The number of carbonyl (C=O) groups excluding carboxylic acids is 1. The van der Waals surface area contributed by atoms with Crippen molar-refractivity contribution in [2.75, 3.05) is 0 Å². The second kappa shape index (κ2) is 8.74. The maximum absolute atomic E-state index is 12.5. The number of non-ortho nitro benzene ring substituents is 1. The van der Waals surface area contributed by atoms with Gasteiger partial charge >= 0.3 is 0 Å². The van der Waals surface area contributed by atoms with Crippen molar-refractivity contribution in [1.29, 1.82) is 0 Å². The fraction of sp³-hybridized carbons (Fsp3) is 0.0909. The third-order valence-electron chi connectivity index (χ3n) is 4.92. The summed E-state index contributed by atoms with van der Waals surface area (Å²) in [6.07, 6.45) is 1.56. The molecule has 0 saturated heterocycles. The molecule has 0 aliphatic carbocycles. The van der Waals surface area contributed by atoms with Crippen molar-refractivity contribution < 1.29 is 9.72 Å². The van der Waals surface area contributed by atoms with E-state index in [1.165, 1.54) is 23.5 Å². The zero-order valence-corrected chi connectivity index (χ0v) is 19.3. The number of hydrogen-bond donors (Lipinski definition) is 1. The van der Waals surface area contributed by atoms with Crippen molar-refractivity contribution in [3.05, 3.63) is 90.5 Å². The summed E-state index contributed by atoms with van der Waals surface area (Å²) in [5.74, 6) is -0.392. The predicted molar refractivity (Wildman–Crippen MR) is 129 cm³/mol. The quantitative estimate of drug-likeness (QED) is 0.204. The third-order valence-corrected chi connectivity index (χ3v) is 6.59. The van der Waals surface area contributed by atoms with Crippen molar-refractivity contribution in [2.45, 2.75) is 13.8 Å². The summed E-state index contributed by atoms with van der Waals surface area (Å²) < 4.78 is 2.75. The first-order chi connectivity index (χ1) is 15.2. The molecule has 1 N–H and O–H groups in total. The van der Waals surface area contributed by atoms with Crippen LogP contribution < -0.4 is 5.43 Å². The van der Waals surface area contributed by atoms with E-state index in [0.29, 0.717) is 20.3 Å². The van der Waals surface area contributed by atoms with Crippen LogP contribution in [0.4, 0.5) is 5.69 Å². The number of nitro groups is 1. The van der Waals surface area contributed by atoms with E-state index in [0.717, 1.165) is 27.3 Å². The Morgan fingerprint density at radius 1 is 1.16 bits per heavy atom. The number of rotatable bonds is 5. The van der Waals surface area contributed by atoms with E-state index in [-0.39, 0.29) is 5.69 Å². The third kappa shape index (κ3) is 4.25. The highest BCUT2D eigenvalue weighted by Crippen LogP contribution is 2.30. The number of benzene rings is 2. The molecule has 0 aliphatic heterocycles. The van der Waals surface area contributed by atoms with E-state index in [1.807, 2.05) is 24.5 Å². The Balaban J connectivity index is 1.54. The van der Waals surface area contributed by atoms with E-state index in [4.69, 9.17) is 23.2 Å². The van der Waals surface area contributed by atoms with Crippen molar-refractivity contribution in [3.63, 3.8) is 0 Å². The number of amides is 1. The van der Waals surface area contributed by atoms with E-state index in [9.17, 15) is 14.9 Å². The first kappa shape index (κ1) is 22.0. The second-order valence-electron chi connectivity index (χ2n) is 7.05. The van der Waals surface area contributed by atoms with E-state index in [2.05, 4.69) is 10.5 Å². The lowest BCUT2D eigenvalue weighted by Crippen LogP contribution is -2.16. The molecule has 4 rings (SSSR count). The topological polar surface area (TPSA) is 89.5 Å². The van der Waals surface area contributed by atoms with Gasteiger partial charge in [-0.05, 0) is 50.2 Å². The number of halogens is 2. The van der Waals surface area contributed by atoms with Crippen molar-refractivity contribution in [1.82, 2.24) is 9.99 Å². The standard InChI is InChI=1S/C22H16Cl2N4O3S/c1-12-7-15(13(2)27(12)19-10-16(23)3-5-18(19)24)11-25-26-22(29)21-9-14-8-17(28(30)31)4-6-20(14)32-21/h3-11H,1-2H3,(H,26,29). The summed E-state index contributed by atoms with van der Waals surface area (Å²) in [4.78, 5) is 23.4. The number of fused-ring (bicyclic) bond motifs is 1. The number of hydrogen-bond acceptors (Lipinski definition) is 5. The summed E-state index contributed by atoms with van der Waals surface area (Å²) in [7, 11) is 0. The summed E-state index contributed by atoms with van der Waals surface area (Å²) >= 11 is 13.7. The summed E-state index contributed by atoms with van der Waals surface area (Å²) in [6, 6.07) is 13.3. The first-order valence-corrected chi connectivity index (χ1v) is 11.0. The molecule has 7 nitrogen and oxygen atoms in total. The Morgan fingerprint density at radius 2 is 1.94 bits per heavy atom. The molecule has 4 aromatic rings. The van der Waals surface area contributed by atoms with Crippen LogP contribution in [0.15, 0.2) is 53.6 Å². The number of aryl methyl sites for hydroxylation is 1. The van der Waals surface area contributed by atoms with Crippen LogP contribution in [-0.4, -0.2) is 21.6 Å². The van der Waals surface area contributed by atoms with Gasteiger partial charge in [-0.25, -0.2) is 5.43 Å². The molecule has 162 valence electrons. The lowest BCUT2D eigenvalue weighted by Gasteiger charge is -2.12. The number of carbonyl (C=O) groups is 1. The average molecular weight is 487 g/mol. The maximum atomic E-state index is 12.5. The maximum Gasteiger partial charge on any atom is 0.281 e. The fourth-order valence-corrected chi connectivity index (χ4v) is 4.72. The minimum atomic E-state index is -0.464. The minimum absolute atomic E-state index is 0.0181. The summed E-state index contributed by atoms with van der Waals surface area (Å²) in [6.45, 7) is 3.86. The molecule has 0 aliphatic rings. The normalized spacial score (nSPS) is 11.4. The smallest absolute Gasteiger partial charge is 0.281 e. The van der Waals surface area contributed by atoms with Crippen molar-refractivity contribution in [2.24, 2.45) is 5.10 Å². The van der Waals surface area contributed by atoms with Crippen LogP contribution in [0.2, 0.25) is 10.0 Å². The molecule has 32 heavy (non-hydrogen) atoms. The number of nitrogens with zero attached hydrogens (tertiary/aromatic N) is 3. The molecule has 1 amide bonds. The van der Waals surface area contributed by atoms with Gasteiger partial charge in [0.1, 0.15) is 0 Å². The molecule has 2 aromatic heterocycles. The average Bonchev–Trinajstić information content (AvgIpc) is 3.30. The monoisotopic (exact) mass is 486 g/mol. The molecule has 0 bridgehead atoms. The molecule has 0 spiro atoms. The van der Waals surface area contributed by atoms with E-state index < -0.39 is 10.8 Å². The lowest BCUT2D eigenvalue weighted by atomic mass is 10.2. The summed E-state index contributed by atoms with van der Waals surface area (Å²) in [5.41, 5.74) is 5.89. The summed E-state index contributed by atoms with van der Waals surface area (Å²) in [5, 5.41) is 16.8. The van der Waals surface area contributed by atoms with Gasteiger partial charge in [0.05, 0.1) is 26.7 Å². The Bertz CT molecular complexity index is 1410. The molecule has 0 atom stereocenters. The van der Waals surface area contributed by atoms with Crippen LogP contribution >= 0.6 is 34.5 Å². The molecule has 2 aromatic carbocycles. The van der Waals surface area contributed by atoms with Gasteiger partial charge < -0.3 is 4.57 Å². The highest BCUT2D eigenvalue weighted by molar-refractivity contribution is 7.20. The lowest BCUT2D eigenvalue weighted by molar-refractivity contribution is -0.384. The number of nitro benzene ring substituents is 1. The van der Waals surface area contributed by atoms with E-state index >= 15 is 0 Å². The van der Waals surface area contributed by atoms with Crippen LogP contribution in [0.3, 0.4) is 0 Å². The number of aromatic nitrogens is 1.